The lowest BCUT2D eigenvalue weighted by atomic mass is 10.2. The second kappa shape index (κ2) is 6.14. The molecule has 0 aliphatic heterocycles. The normalized spacial score (nSPS) is 11.8. The van der Waals surface area contributed by atoms with Gasteiger partial charge in [-0.2, -0.15) is 4.98 Å². The van der Waals surface area contributed by atoms with E-state index in [-0.39, 0.29) is 5.95 Å². The zero-order chi connectivity index (χ0) is 13.7. The SMILES string of the molecule is CCOc1ccnc(NC(C(=O)O)c2cccs2)n1. The first-order valence-corrected chi connectivity index (χ1v) is 6.57. The Morgan fingerprint density at radius 3 is 3.05 bits per heavy atom. The first kappa shape index (κ1) is 13.3. The van der Waals surface area contributed by atoms with Crippen molar-refractivity contribution < 1.29 is 14.6 Å². The van der Waals surface area contributed by atoms with Crippen LogP contribution in [0.15, 0.2) is 29.8 Å². The third kappa shape index (κ3) is 3.41. The third-order valence-corrected chi connectivity index (χ3v) is 3.21. The standard InChI is InChI=1S/C12H13N3O3S/c1-2-18-9-5-6-13-12(14-9)15-10(11(16)17)8-4-3-7-19-8/h3-7,10H,2H2,1H3,(H,16,17)(H,13,14,15). The summed E-state index contributed by atoms with van der Waals surface area (Å²) in [5.41, 5.74) is 0. The Bertz CT molecular complexity index is 545. The Balaban J connectivity index is 2.18. The lowest BCUT2D eigenvalue weighted by Gasteiger charge is -2.13. The molecule has 6 nitrogen and oxygen atoms in total. The maximum Gasteiger partial charge on any atom is 0.331 e. The van der Waals surface area contributed by atoms with Crippen molar-refractivity contribution >= 4 is 23.3 Å². The van der Waals surface area contributed by atoms with Crippen molar-refractivity contribution in [2.75, 3.05) is 11.9 Å². The Hall–Kier alpha value is -2.15. The van der Waals surface area contributed by atoms with Gasteiger partial charge in [0.25, 0.3) is 0 Å². The molecule has 0 aromatic carbocycles. The number of hydrogen-bond donors (Lipinski definition) is 2. The summed E-state index contributed by atoms with van der Waals surface area (Å²) in [5.74, 6) is -0.338. The minimum Gasteiger partial charge on any atom is -0.479 e. The van der Waals surface area contributed by atoms with Crippen LogP contribution < -0.4 is 10.1 Å². The highest BCUT2D eigenvalue weighted by molar-refractivity contribution is 7.10. The van der Waals surface area contributed by atoms with E-state index in [0.717, 1.165) is 0 Å². The van der Waals surface area contributed by atoms with Gasteiger partial charge in [0, 0.05) is 17.1 Å². The molecule has 2 rings (SSSR count). The van der Waals surface area contributed by atoms with Gasteiger partial charge in [-0.05, 0) is 18.4 Å². The van der Waals surface area contributed by atoms with E-state index >= 15 is 0 Å². The highest BCUT2D eigenvalue weighted by Crippen LogP contribution is 2.23. The number of carboxylic acids is 1. The molecule has 0 radical (unpaired) electrons. The lowest BCUT2D eigenvalue weighted by Crippen LogP contribution is -2.20. The molecule has 7 heteroatoms. The quantitative estimate of drug-likeness (QED) is 0.843. The highest BCUT2D eigenvalue weighted by atomic mass is 32.1. The minimum absolute atomic E-state index is 0.228. The predicted octanol–water partition coefficient (Wildman–Crippen LogP) is 2.17. The van der Waals surface area contributed by atoms with Gasteiger partial charge < -0.3 is 15.2 Å². The molecule has 0 amide bonds. The molecule has 0 bridgehead atoms. The van der Waals surface area contributed by atoms with Gasteiger partial charge in [-0.1, -0.05) is 6.07 Å². The van der Waals surface area contributed by atoms with Crippen LogP contribution in [-0.2, 0) is 4.79 Å². The number of carbonyl (C=O) groups is 1. The van der Waals surface area contributed by atoms with E-state index in [1.54, 1.807) is 18.2 Å². The van der Waals surface area contributed by atoms with Gasteiger partial charge in [0.2, 0.25) is 11.8 Å². The Morgan fingerprint density at radius 1 is 1.58 bits per heavy atom. The molecule has 2 aromatic heterocycles. The summed E-state index contributed by atoms with van der Waals surface area (Å²) in [4.78, 5) is 20.0. The zero-order valence-electron chi connectivity index (χ0n) is 10.2. The molecular weight excluding hydrogens is 266 g/mol. The highest BCUT2D eigenvalue weighted by Gasteiger charge is 2.21. The fourth-order valence-electron chi connectivity index (χ4n) is 1.48. The van der Waals surface area contributed by atoms with E-state index in [4.69, 9.17) is 4.74 Å². The number of nitrogens with one attached hydrogen (secondary N) is 1. The number of aromatic nitrogens is 2. The molecule has 2 N–H and O–H groups in total. The van der Waals surface area contributed by atoms with Crippen molar-refractivity contribution in [2.24, 2.45) is 0 Å². The van der Waals surface area contributed by atoms with Gasteiger partial charge in [0.15, 0.2) is 6.04 Å². The molecule has 2 aromatic rings. The smallest absolute Gasteiger partial charge is 0.331 e. The molecule has 100 valence electrons. The van der Waals surface area contributed by atoms with Crippen LogP contribution in [0.3, 0.4) is 0 Å². The maximum atomic E-state index is 11.3. The number of ether oxygens (including phenoxy) is 1. The minimum atomic E-state index is -0.979. The number of aliphatic carboxylic acids is 1. The molecule has 0 fully saturated rings. The van der Waals surface area contributed by atoms with Gasteiger partial charge in [-0.25, -0.2) is 9.78 Å². The number of nitrogens with zero attached hydrogens (tertiary/aromatic N) is 2. The number of carboxylic acid groups (broad SMARTS) is 1. The fraction of sp³-hybridized carbons (Fsp3) is 0.250. The monoisotopic (exact) mass is 279 g/mol. The Labute approximate surface area is 114 Å². The van der Waals surface area contributed by atoms with Gasteiger partial charge in [0.1, 0.15) is 0 Å². The average Bonchev–Trinajstić information content (AvgIpc) is 2.90. The van der Waals surface area contributed by atoms with Crippen molar-refractivity contribution in [3.63, 3.8) is 0 Å². The van der Waals surface area contributed by atoms with Crippen LogP contribution in [0.2, 0.25) is 0 Å². The zero-order valence-corrected chi connectivity index (χ0v) is 11.1. The largest absolute Gasteiger partial charge is 0.479 e. The summed E-state index contributed by atoms with van der Waals surface area (Å²) >= 11 is 1.36. The summed E-state index contributed by atoms with van der Waals surface area (Å²) in [6.45, 7) is 2.34. The second-order valence-electron chi connectivity index (χ2n) is 3.58. The summed E-state index contributed by atoms with van der Waals surface area (Å²) in [7, 11) is 0. The van der Waals surface area contributed by atoms with Crippen LogP contribution in [0.4, 0.5) is 5.95 Å². The van der Waals surface area contributed by atoms with Crippen molar-refractivity contribution in [1.82, 2.24) is 9.97 Å². The predicted molar refractivity (Wildman–Crippen MR) is 71.5 cm³/mol. The molecule has 1 unspecified atom stereocenters. The lowest BCUT2D eigenvalue weighted by molar-refractivity contribution is -0.138. The first-order valence-electron chi connectivity index (χ1n) is 5.69. The fourth-order valence-corrected chi connectivity index (χ4v) is 2.25. The van der Waals surface area contributed by atoms with E-state index in [2.05, 4.69) is 15.3 Å². The van der Waals surface area contributed by atoms with Crippen molar-refractivity contribution in [1.29, 1.82) is 0 Å². The van der Waals surface area contributed by atoms with Gasteiger partial charge in [-0.15, -0.1) is 11.3 Å². The van der Waals surface area contributed by atoms with Gasteiger partial charge >= 0.3 is 5.97 Å². The first-order chi connectivity index (χ1) is 9.20. The maximum absolute atomic E-state index is 11.3. The number of anilines is 1. The molecule has 2 heterocycles. The molecule has 0 saturated carbocycles. The molecule has 0 aliphatic carbocycles. The van der Waals surface area contributed by atoms with E-state index in [9.17, 15) is 9.90 Å². The van der Waals surface area contributed by atoms with Crippen LogP contribution in [0.1, 0.15) is 17.8 Å². The number of rotatable bonds is 6. The van der Waals surface area contributed by atoms with Crippen LogP contribution in [0.5, 0.6) is 5.88 Å². The summed E-state index contributed by atoms with van der Waals surface area (Å²) in [6.07, 6.45) is 1.52. The van der Waals surface area contributed by atoms with Crippen LogP contribution in [-0.4, -0.2) is 27.7 Å². The molecule has 0 aliphatic rings. The topological polar surface area (TPSA) is 84.3 Å². The van der Waals surface area contributed by atoms with Crippen LogP contribution in [0.25, 0.3) is 0 Å². The van der Waals surface area contributed by atoms with Crippen molar-refractivity contribution in [3.05, 3.63) is 34.7 Å². The number of thiophene rings is 1. The van der Waals surface area contributed by atoms with Crippen molar-refractivity contribution in [3.8, 4) is 5.88 Å². The van der Waals surface area contributed by atoms with E-state index in [1.165, 1.54) is 17.5 Å². The third-order valence-electron chi connectivity index (χ3n) is 2.27. The average molecular weight is 279 g/mol. The Morgan fingerprint density at radius 2 is 2.42 bits per heavy atom. The summed E-state index contributed by atoms with van der Waals surface area (Å²) < 4.78 is 5.24. The van der Waals surface area contributed by atoms with Gasteiger partial charge in [-0.3, -0.25) is 0 Å². The van der Waals surface area contributed by atoms with Gasteiger partial charge in [0.05, 0.1) is 6.61 Å². The van der Waals surface area contributed by atoms with Crippen LogP contribution >= 0.6 is 11.3 Å². The van der Waals surface area contributed by atoms with Crippen LogP contribution in [0, 0.1) is 0 Å². The molecule has 1 atom stereocenters. The summed E-state index contributed by atoms with van der Waals surface area (Å²) in [5, 5.41) is 13.8. The molecule has 19 heavy (non-hydrogen) atoms. The molecular formula is C12H13N3O3S. The number of hydrogen-bond acceptors (Lipinski definition) is 6. The van der Waals surface area contributed by atoms with Crippen molar-refractivity contribution in [2.45, 2.75) is 13.0 Å². The van der Waals surface area contributed by atoms with E-state index < -0.39 is 12.0 Å². The van der Waals surface area contributed by atoms with E-state index in [0.29, 0.717) is 17.4 Å². The Kier molecular flexibility index (Phi) is 4.30. The second-order valence-corrected chi connectivity index (χ2v) is 4.56. The molecule has 0 spiro atoms. The van der Waals surface area contributed by atoms with E-state index in [1.807, 2.05) is 12.3 Å². The summed E-state index contributed by atoms with van der Waals surface area (Å²) in [6, 6.07) is 4.31. The molecule has 0 saturated heterocycles.